The van der Waals surface area contributed by atoms with Crippen LogP contribution in [0.5, 0.6) is 0 Å². The van der Waals surface area contributed by atoms with E-state index in [2.05, 4.69) is 0 Å². The summed E-state index contributed by atoms with van der Waals surface area (Å²) in [5, 5.41) is 0. The summed E-state index contributed by atoms with van der Waals surface area (Å²) >= 11 is 0. The Bertz CT molecular complexity index is 657. The zero-order valence-corrected chi connectivity index (χ0v) is 17.1. The predicted octanol–water partition coefficient (Wildman–Crippen LogP) is 3.94. The normalized spacial score (nSPS) is 12.7. The highest BCUT2D eigenvalue weighted by atomic mass is 16.7. The lowest BCUT2D eigenvalue weighted by Crippen LogP contribution is -2.47. The van der Waals surface area contributed by atoms with Gasteiger partial charge in [-0.05, 0) is 47.1 Å². The molecule has 150 valence electrons. The van der Waals surface area contributed by atoms with Crippen LogP contribution in [0.15, 0.2) is 30.3 Å². The molecule has 1 rings (SSSR count). The summed E-state index contributed by atoms with van der Waals surface area (Å²) in [5.41, 5.74) is -0.722. The van der Waals surface area contributed by atoms with Gasteiger partial charge >= 0.3 is 18.2 Å². The van der Waals surface area contributed by atoms with Crippen molar-refractivity contribution in [1.82, 2.24) is 4.90 Å². The van der Waals surface area contributed by atoms with E-state index in [0.29, 0.717) is 0 Å². The van der Waals surface area contributed by atoms with E-state index >= 15 is 0 Å². The van der Waals surface area contributed by atoms with E-state index in [0.717, 1.165) is 10.5 Å². The monoisotopic (exact) mass is 379 g/mol. The van der Waals surface area contributed by atoms with Crippen LogP contribution in [0, 0.1) is 0 Å². The maximum atomic E-state index is 12.6. The number of hydrogen-bond acceptors (Lipinski definition) is 6. The molecule has 0 spiro atoms. The highest BCUT2D eigenvalue weighted by molar-refractivity contribution is 5.88. The first-order valence-electron chi connectivity index (χ1n) is 8.73. The zero-order valence-electron chi connectivity index (χ0n) is 17.1. The molecule has 1 amide bonds. The van der Waals surface area contributed by atoms with Crippen LogP contribution >= 0.6 is 0 Å². The van der Waals surface area contributed by atoms with Gasteiger partial charge in [0, 0.05) is 13.5 Å². The summed E-state index contributed by atoms with van der Waals surface area (Å²) < 4.78 is 15.1. The number of carbonyl (C=O) groups is 3. The Morgan fingerprint density at radius 3 is 1.93 bits per heavy atom. The molecule has 0 unspecified atom stereocenters. The first kappa shape index (κ1) is 22.5. The summed E-state index contributed by atoms with van der Waals surface area (Å²) in [6, 6.07) is 8.07. The lowest BCUT2D eigenvalue weighted by Gasteiger charge is -2.29. The SMILES string of the molecule is CN(C(=O)OC(C)(C)C)[C@@H](Cc1ccccc1)C(=O)OC(=O)OC(C)(C)C. The predicted molar refractivity (Wildman–Crippen MR) is 100 cm³/mol. The number of benzene rings is 1. The van der Waals surface area contributed by atoms with Crippen molar-refractivity contribution in [1.29, 1.82) is 0 Å². The Labute approximate surface area is 160 Å². The molecule has 0 N–H and O–H groups in total. The van der Waals surface area contributed by atoms with Gasteiger partial charge in [0.2, 0.25) is 0 Å². The van der Waals surface area contributed by atoms with Gasteiger partial charge in [-0.2, -0.15) is 0 Å². The minimum atomic E-state index is -1.11. The summed E-state index contributed by atoms with van der Waals surface area (Å²) in [6.45, 7) is 10.2. The molecule has 0 saturated heterocycles. The van der Waals surface area contributed by atoms with Crippen LogP contribution in [-0.2, 0) is 25.4 Å². The second-order valence-corrected chi connectivity index (χ2v) is 8.18. The van der Waals surface area contributed by atoms with Crippen molar-refractivity contribution in [3.8, 4) is 0 Å². The molecule has 0 fully saturated rings. The number of rotatable bonds is 4. The number of carbonyl (C=O) groups excluding carboxylic acids is 3. The van der Waals surface area contributed by atoms with E-state index in [1.165, 1.54) is 7.05 Å². The first-order chi connectivity index (χ1) is 12.3. The molecule has 7 heteroatoms. The molecule has 0 radical (unpaired) electrons. The molecule has 0 heterocycles. The average Bonchev–Trinajstić information content (AvgIpc) is 2.49. The Kier molecular flexibility index (Phi) is 7.39. The van der Waals surface area contributed by atoms with Gasteiger partial charge in [-0.3, -0.25) is 4.90 Å². The van der Waals surface area contributed by atoms with E-state index in [1.54, 1.807) is 41.5 Å². The Morgan fingerprint density at radius 1 is 0.926 bits per heavy atom. The molecule has 0 saturated carbocycles. The number of hydrogen-bond donors (Lipinski definition) is 0. The van der Waals surface area contributed by atoms with Crippen molar-refractivity contribution in [2.75, 3.05) is 7.05 Å². The van der Waals surface area contributed by atoms with Crippen molar-refractivity contribution >= 4 is 18.2 Å². The van der Waals surface area contributed by atoms with Gasteiger partial charge in [0.1, 0.15) is 17.2 Å². The highest BCUT2D eigenvalue weighted by Gasteiger charge is 2.34. The molecule has 0 aromatic heterocycles. The minimum absolute atomic E-state index is 0.165. The van der Waals surface area contributed by atoms with E-state index < -0.39 is 35.5 Å². The average molecular weight is 379 g/mol. The van der Waals surface area contributed by atoms with Crippen molar-refractivity contribution < 1.29 is 28.6 Å². The van der Waals surface area contributed by atoms with Gasteiger partial charge in [0.25, 0.3) is 0 Å². The lowest BCUT2D eigenvalue weighted by atomic mass is 10.1. The third-order valence-electron chi connectivity index (χ3n) is 3.27. The molecule has 7 nitrogen and oxygen atoms in total. The molecule has 27 heavy (non-hydrogen) atoms. The lowest BCUT2D eigenvalue weighted by molar-refractivity contribution is -0.147. The summed E-state index contributed by atoms with van der Waals surface area (Å²) in [6.07, 6.45) is -1.63. The van der Waals surface area contributed by atoms with Crippen LogP contribution < -0.4 is 0 Å². The second-order valence-electron chi connectivity index (χ2n) is 8.18. The van der Waals surface area contributed by atoms with Gasteiger partial charge in [0.05, 0.1) is 0 Å². The molecule has 1 aromatic carbocycles. The molecule has 0 bridgehead atoms. The molecular formula is C20H29NO6. The summed E-state index contributed by atoms with van der Waals surface area (Å²) in [5.74, 6) is -0.888. The van der Waals surface area contributed by atoms with Gasteiger partial charge < -0.3 is 14.2 Å². The van der Waals surface area contributed by atoms with Crippen LogP contribution in [0.3, 0.4) is 0 Å². The van der Waals surface area contributed by atoms with Crippen LogP contribution in [0.1, 0.15) is 47.1 Å². The zero-order chi connectivity index (χ0) is 20.8. The molecule has 1 atom stereocenters. The number of nitrogens with zero attached hydrogens (tertiary/aromatic N) is 1. The fourth-order valence-electron chi connectivity index (χ4n) is 2.10. The standard InChI is InChI=1S/C20H29NO6/c1-19(2,3)26-17(23)21(7)15(13-14-11-9-8-10-12-14)16(22)25-18(24)27-20(4,5)6/h8-12,15H,13H2,1-7H3/t15-/m0/s1. The van der Waals surface area contributed by atoms with Crippen molar-refractivity contribution in [3.63, 3.8) is 0 Å². The molecule has 0 aliphatic heterocycles. The van der Waals surface area contributed by atoms with Crippen molar-refractivity contribution in [2.45, 2.75) is 65.2 Å². The number of amides is 1. The smallest absolute Gasteiger partial charge is 0.444 e. The topological polar surface area (TPSA) is 82.1 Å². The van der Waals surface area contributed by atoms with Gasteiger partial charge in [-0.1, -0.05) is 30.3 Å². The van der Waals surface area contributed by atoms with Gasteiger partial charge in [-0.15, -0.1) is 0 Å². The third kappa shape index (κ3) is 8.57. The Morgan fingerprint density at radius 2 is 1.44 bits per heavy atom. The molecule has 0 aliphatic rings. The fraction of sp³-hybridized carbons (Fsp3) is 0.550. The largest absolute Gasteiger partial charge is 0.516 e. The number of esters is 1. The quantitative estimate of drug-likeness (QED) is 0.582. The van der Waals surface area contributed by atoms with Crippen molar-refractivity contribution in [2.24, 2.45) is 0 Å². The second kappa shape index (κ2) is 8.88. The van der Waals surface area contributed by atoms with Crippen LogP contribution in [0.25, 0.3) is 0 Å². The summed E-state index contributed by atoms with van der Waals surface area (Å²) in [7, 11) is 1.43. The third-order valence-corrected chi connectivity index (χ3v) is 3.27. The van der Waals surface area contributed by atoms with Gasteiger partial charge in [0.15, 0.2) is 0 Å². The van der Waals surface area contributed by atoms with E-state index in [-0.39, 0.29) is 6.42 Å². The Balaban J connectivity index is 2.97. The van der Waals surface area contributed by atoms with Crippen LogP contribution in [0.4, 0.5) is 9.59 Å². The highest BCUT2D eigenvalue weighted by Crippen LogP contribution is 2.16. The van der Waals surface area contributed by atoms with Crippen LogP contribution in [0.2, 0.25) is 0 Å². The fourth-order valence-corrected chi connectivity index (χ4v) is 2.10. The Hall–Kier alpha value is -2.57. The van der Waals surface area contributed by atoms with E-state index in [9.17, 15) is 14.4 Å². The maximum Gasteiger partial charge on any atom is 0.516 e. The van der Waals surface area contributed by atoms with E-state index in [4.69, 9.17) is 14.2 Å². The van der Waals surface area contributed by atoms with Crippen molar-refractivity contribution in [3.05, 3.63) is 35.9 Å². The number of ether oxygens (including phenoxy) is 3. The number of likely N-dealkylation sites (N-methyl/N-ethyl adjacent to an activating group) is 1. The molecule has 0 aliphatic carbocycles. The van der Waals surface area contributed by atoms with E-state index in [1.807, 2.05) is 30.3 Å². The molecular weight excluding hydrogens is 350 g/mol. The molecule has 1 aromatic rings. The van der Waals surface area contributed by atoms with Crippen LogP contribution in [-0.4, -0.2) is 47.4 Å². The summed E-state index contributed by atoms with van der Waals surface area (Å²) in [4.78, 5) is 37.9. The minimum Gasteiger partial charge on any atom is -0.444 e. The first-order valence-corrected chi connectivity index (χ1v) is 8.73. The maximum absolute atomic E-state index is 12.6. The van der Waals surface area contributed by atoms with Gasteiger partial charge in [-0.25, -0.2) is 14.4 Å².